The minimum absolute atomic E-state index is 0.287. The highest BCUT2D eigenvalue weighted by Crippen LogP contribution is 2.26. The molecule has 0 heterocycles. The molecule has 0 aliphatic carbocycles. The van der Waals surface area contributed by atoms with E-state index in [-0.39, 0.29) is 5.56 Å². The first-order valence-electron chi connectivity index (χ1n) is 5.57. The lowest BCUT2D eigenvalue weighted by molar-refractivity contribution is 0.0697. The molecule has 3 nitrogen and oxygen atoms in total. The van der Waals surface area contributed by atoms with Crippen molar-refractivity contribution < 1.29 is 9.90 Å². The number of carboxylic acid groups (broad SMARTS) is 1. The molecule has 0 radical (unpaired) electrons. The van der Waals surface area contributed by atoms with E-state index in [9.17, 15) is 4.79 Å². The monoisotopic (exact) mass is 339 g/mol. The number of hydrogen-bond acceptors (Lipinski definition) is 2. The van der Waals surface area contributed by atoms with E-state index in [2.05, 4.69) is 21.2 Å². The smallest absolute Gasteiger partial charge is 0.335 e. The molecule has 0 saturated heterocycles. The fourth-order valence-electron chi connectivity index (χ4n) is 1.64. The topological polar surface area (TPSA) is 49.3 Å². The molecule has 0 bridgehead atoms. The summed E-state index contributed by atoms with van der Waals surface area (Å²) in [6.07, 6.45) is 0. The van der Waals surface area contributed by atoms with Crippen LogP contribution in [0.2, 0.25) is 5.02 Å². The first-order valence-corrected chi connectivity index (χ1v) is 6.74. The Bertz CT molecular complexity index is 616. The first kappa shape index (κ1) is 13.9. The maximum atomic E-state index is 10.9. The third kappa shape index (κ3) is 3.72. The molecule has 2 aromatic rings. The summed E-state index contributed by atoms with van der Waals surface area (Å²) in [4.78, 5) is 10.9. The number of anilines is 1. The fourth-order valence-corrected chi connectivity index (χ4v) is 2.47. The van der Waals surface area contributed by atoms with Crippen LogP contribution in [-0.2, 0) is 6.54 Å². The molecule has 5 heteroatoms. The molecule has 2 N–H and O–H groups in total. The highest BCUT2D eigenvalue weighted by atomic mass is 79.9. The van der Waals surface area contributed by atoms with Gasteiger partial charge in [0.15, 0.2) is 0 Å². The van der Waals surface area contributed by atoms with Gasteiger partial charge < -0.3 is 10.4 Å². The Hall–Kier alpha value is -1.52. The Labute approximate surface area is 124 Å². The summed E-state index contributed by atoms with van der Waals surface area (Å²) in [6.45, 7) is 0.543. The Morgan fingerprint density at radius 2 is 2.05 bits per heavy atom. The van der Waals surface area contributed by atoms with Crippen LogP contribution in [0.4, 0.5) is 5.69 Å². The van der Waals surface area contributed by atoms with Crippen molar-refractivity contribution in [2.45, 2.75) is 6.54 Å². The summed E-state index contributed by atoms with van der Waals surface area (Å²) >= 11 is 9.28. The molecule has 2 rings (SSSR count). The van der Waals surface area contributed by atoms with Gasteiger partial charge in [0.05, 0.1) is 5.56 Å². The molecule has 0 aromatic heterocycles. The molecule has 98 valence electrons. The minimum atomic E-state index is -0.922. The minimum Gasteiger partial charge on any atom is -0.478 e. The van der Waals surface area contributed by atoms with Gasteiger partial charge >= 0.3 is 5.97 Å². The number of hydrogen-bond donors (Lipinski definition) is 2. The van der Waals surface area contributed by atoms with Gasteiger partial charge in [0, 0.05) is 21.7 Å². The van der Waals surface area contributed by atoms with Gasteiger partial charge in [-0.3, -0.25) is 0 Å². The van der Waals surface area contributed by atoms with Gasteiger partial charge in [-0.15, -0.1) is 0 Å². The zero-order chi connectivity index (χ0) is 13.8. The van der Waals surface area contributed by atoms with Gasteiger partial charge in [0.25, 0.3) is 0 Å². The lowest BCUT2D eigenvalue weighted by Crippen LogP contribution is -2.02. The standard InChI is InChI=1S/C14H11BrClNO2/c15-12-7-11(16)4-5-13(12)17-8-9-2-1-3-10(6-9)14(18)19/h1-7,17H,8H2,(H,18,19). The van der Waals surface area contributed by atoms with Crippen LogP contribution in [0.25, 0.3) is 0 Å². The number of aromatic carboxylic acids is 1. The lowest BCUT2D eigenvalue weighted by Gasteiger charge is -2.09. The maximum Gasteiger partial charge on any atom is 0.335 e. The number of benzene rings is 2. The molecular weight excluding hydrogens is 330 g/mol. The zero-order valence-corrected chi connectivity index (χ0v) is 12.2. The van der Waals surface area contributed by atoms with Crippen LogP contribution in [0.5, 0.6) is 0 Å². The summed E-state index contributed by atoms with van der Waals surface area (Å²) in [6, 6.07) is 12.3. The van der Waals surface area contributed by atoms with Crippen LogP contribution < -0.4 is 5.32 Å². The van der Waals surface area contributed by atoms with E-state index >= 15 is 0 Å². The van der Waals surface area contributed by atoms with Crippen LogP contribution >= 0.6 is 27.5 Å². The molecule has 0 atom stereocenters. The van der Waals surface area contributed by atoms with Gasteiger partial charge in [-0.25, -0.2) is 4.79 Å². The van der Waals surface area contributed by atoms with Crippen molar-refractivity contribution in [1.29, 1.82) is 0 Å². The van der Waals surface area contributed by atoms with Gasteiger partial charge in [-0.2, -0.15) is 0 Å². The number of carbonyl (C=O) groups is 1. The second-order valence-electron chi connectivity index (χ2n) is 3.98. The highest BCUT2D eigenvalue weighted by Gasteiger charge is 2.04. The molecule has 0 aliphatic heterocycles. The molecule has 19 heavy (non-hydrogen) atoms. The average molecular weight is 341 g/mol. The van der Waals surface area contributed by atoms with E-state index in [0.717, 1.165) is 15.7 Å². The summed E-state index contributed by atoms with van der Waals surface area (Å²) in [7, 11) is 0. The Morgan fingerprint density at radius 3 is 2.74 bits per heavy atom. The van der Waals surface area contributed by atoms with E-state index in [1.807, 2.05) is 12.1 Å². The second kappa shape index (κ2) is 6.08. The van der Waals surface area contributed by atoms with Crippen LogP contribution in [0.15, 0.2) is 46.9 Å². The van der Waals surface area contributed by atoms with Crippen molar-refractivity contribution in [3.8, 4) is 0 Å². The predicted octanol–water partition coefficient (Wildman–Crippen LogP) is 4.41. The van der Waals surface area contributed by atoms with Crippen LogP contribution in [0.3, 0.4) is 0 Å². The van der Waals surface area contributed by atoms with Crippen LogP contribution in [-0.4, -0.2) is 11.1 Å². The van der Waals surface area contributed by atoms with Crippen LogP contribution in [0.1, 0.15) is 15.9 Å². The summed E-state index contributed by atoms with van der Waals surface area (Å²) in [5, 5.41) is 12.8. The maximum absolute atomic E-state index is 10.9. The van der Waals surface area contributed by atoms with Gasteiger partial charge in [-0.1, -0.05) is 23.7 Å². The van der Waals surface area contributed by atoms with Gasteiger partial charge in [-0.05, 0) is 51.8 Å². The molecule has 0 spiro atoms. The van der Waals surface area contributed by atoms with Crippen molar-refractivity contribution in [3.63, 3.8) is 0 Å². The van der Waals surface area contributed by atoms with E-state index in [1.54, 1.807) is 30.3 Å². The number of rotatable bonds is 4. The van der Waals surface area contributed by atoms with E-state index < -0.39 is 5.97 Å². The number of carboxylic acids is 1. The molecule has 0 fully saturated rings. The van der Waals surface area contributed by atoms with Gasteiger partial charge in [0.2, 0.25) is 0 Å². The third-order valence-electron chi connectivity index (χ3n) is 2.59. The number of halogens is 2. The molecular formula is C14H11BrClNO2. The summed E-state index contributed by atoms with van der Waals surface area (Å²) in [5.41, 5.74) is 2.10. The average Bonchev–Trinajstić information content (AvgIpc) is 2.38. The molecule has 0 saturated carbocycles. The first-order chi connectivity index (χ1) is 9.06. The normalized spacial score (nSPS) is 10.2. The fraction of sp³-hybridized carbons (Fsp3) is 0.0714. The molecule has 0 aliphatic rings. The van der Waals surface area contributed by atoms with E-state index in [0.29, 0.717) is 11.6 Å². The SMILES string of the molecule is O=C(O)c1cccc(CNc2ccc(Cl)cc2Br)c1. The summed E-state index contributed by atoms with van der Waals surface area (Å²) in [5.74, 6) is -0.922. The third-order valence-corrected chi connectivity index (χ3v) is 3.48. The quantitative estimate of drug-likeness (QED) is 0.866. The second-order valence-corrected chi connectivity index (χ2v) is 5.27. The highest BCUT2D eigenvalue weighted by molar-refractivity contribution is 9.10. The molecule has 2 aromatic carbocycles. The Balaban J connectivity index is 2.10. The lowest BCUT2D eigenvalue weighted by atomic mass is 10.1. The Kier molecular flexibility index (Phi) is 4.45. The van der Waals surface area contributed by atoms with Crippen molar-refractivity contribution in [2.75, 3.05) is 5.32 Å². The van der Waals surface area contributed by atoms with Crippen LogP contribution in [0, 0.1) is 0 Å². The Morgan fingerprint density at radius 1 is 1.26 bits per heavy atom. The molecule has 0 unspecified atom stereocenters. The number of nitrogens with one attached hydrogen (secondary N) is 1. The predicted molar refractivity (Wildman–Crippen MR) is 79.9 cm³/mol. The van der Waals surface area contributed by atoms with Gasteiger partial charge in [0.1, 0.15) is 0 Å². The zero-order valence-electron chi connectivity index (χ0n) is 9.86. The van der Waals surface area contributed by atoms with Crippen molar-refractivity contribution in [3.05, 3.63) is 63.1 Å². The largest absolute Gasteiger partial charge is 0.478 e. The van der Waals surface area contributed by atoms with Crippen molar-refractivity contribution in [2.24, 2.45) is 0 Å². The summed E-state index contributed by atoms with van der Waals surface area (Å²) < 4.78 is 0.870. The van der Waals surface area contributed by atoms with E-state index in [1.165, 1.54) is 0 Å². The van der Waals surface area contributed by atoms with Crippen molar-refractivity contribution >= 4 is 39.2 Å². The molecule has 0 amide bonds. The van der Waals surface area contributed by atoms with E-state index in [4.69, 9.17) is 16.7 Å². The van der Waals surface area contributed by atoms with Crippen molar-refractivity contribution in [1.82, 2.24) is 0 Å².